The summed E-state index contributed by atoms with van der Waals surface area (Å²) in [6.07, 6.45) is 1.74. The van der Waals surface area contributed by atoms with E-state index >= 15 is 0 Å². The first-order chi connectivity index (χ1) is 12.5. The molecule has 4 heteroatoms. The summed E-state index contributed by atoms with van der Waals surface area (Å²) < 4.78 is 0. The van der Waals surface area contributed by atoms with Crippen LogP contribution in [0.25, 0.3) is 16.8 Å². The van der Waals surface area contributed by atoms with Gasteiger partial charge < -0.3 is 5.32 Å². The molecule has 0 unspecified atom stereocenters. The summed E-state index contributed by atoms with van der Waals surface area (Å²) in [7, 11) is 0. The molecular weight excluding hydrogens is 338 g/mol. The molecule has 0 radical (unpaired) electrons. The summed E-state index contributed by atoms with van der Waals surface area (Å²) in [4.78, 5) is 4.66. The first kappa shape index (κ1) is 17.9. The predicted molar refractivity (Wildman–Crippen MR) is 110 cm³/mol. The minimum absolute atomic E-state index is 0.533. The van der Waals surface area contributed by atoms with Gasteiger partial charge >= 0.3 is 0 Å². The van der Waals surface area contributed by atoms with E-state index in [2.05, 4.69) is 73.5 Å². The van der Waals surface area contributed by atoms with Crippen LogP contribution >= 0.6 is 11.3 Å². The Balaban J connectivity index is 1.87. The van der Waals surface area contributed by atoms with Crippen molar-refractivity contribution >= 4 is 22.6 Å². The third kappa shape index (κ3) is 3.84. The molecule has 1 aromatic heterocycles. The van der Waals surface area contributed by atoms with Crippen LogP contribution in [0.15, 0.2) is 48.0 Å². The van der Waals surface area contributed by atoms with E-state index in [1.165, 1.54) is 28.0 Å². The van der Waals surface area contributed by atoms with Crippen molar-refractivity contribution in [1.82, 2.24) is 4.98 Å². The SMILES string of the molecule is Cc1ccc(C)c(NC=C(C#N)c2nc(-c3ccc(C)c(C)c3)cs2)c1. The Morgan fingerprint density at radius 3 is 2.54 bits per heavy atom. The monoisotopic (exact) mass is 359 g/mol. The van der Waals surface area contributed by atoms with Crippen molar-refractivity contribution in [3.8, 4) is 17.3 Å². The fourth-order valence-corrected chi connectivity index (χ4v) is 3.41. The molecule has 1 N–H and O–H groups in total. The molecule has 0 aliphatic heterocycles. The maximum absolute atomic E-state index is 9.55. The summed E-state index contributed by atoms with van der Waals surface area (Å²) in [6.45, 7) is 8.29. The molecule has 0 fully saturated rings. The topological polar surface area (TPSA) is 48.7 Å². The molecule has 0 spiro atoms. The number of nitriles is 1. The molecule has 0 aliphatic rings. The number of hydrogen-bond acceptors (Lipinski definition) is 4. The summed E-state index contributed by atoms with van der Waals surface area (Å²) in [5.41, 5.74) is 8.34. The van der Waals surface area contributed by atoms with E-state index in [9.17, 15) is 5.26 Å². The largest absolute Gasteiger partial charge is 0.360 e. The van der Waals surface area contributed by atoms with Crippen molar-refractivity contribution in [2.24, 2.45) is 0 Å². The van der Waals surface area contributed by atoms with Gasteiger partial charge in [0.25, 0.3) is 0 Å². The molecule has 0 saturated carbocycles. The van der Waals surface area contributed by atoms with Gasteiger partial charge in [0.05, 0.1) is 5.69 Å². The third-order valence-corrected chi connectivity index (χ3v) is 5.30. The zero-order valence-electron chi connectivity index (χ0n) is 15.4. The molecule has 0 saturated heterocycles. The van der Waals surface area contributed by atoms with E-state index in [0.29, 0.717) is 5.57 Å². The van der Waals surface area contributed by atoms with E-state index in [-0.39, 0.29) is 0 Å². The molecular formula is C22H21N3S. The highest BCUT2D eigenvalue weighted by molar-refractivity contribution is 7.11. The lowest BCUT2D eigenvalue weighted by Gasteiger charge is -2.07. The minimum atomic E-state index is 0.533. The van der Waals surface area contributed by atoms with Crippen LogP contribution in [-0.2, 0) is 0 Å². The summed E-state index contributed by atoms with van der Waals surface area (Å²) >= 11 is 1.49. The average Bonchev–Trinajstić information content (AvgIpc) is 3.10. The van der Waals surface area contributed by atoms with Crippen LogP contribution in [-0.4, -0.2) is 4.98 Å². The number of nitrogens with one attached hydrogen (secondary N) is 1. The Labute approximate surface area is 158 Å². The van der Waals surface area contributed by atoms with Crippen LogP contribution in [0, 0.1) is 39.0 Å². The van der Waals surface area contributed by atoms with Crippen molar-refractivity contribution in [3.05, 3.63) is 75.2 Å². The van der Waals surface area contributed by atoms with Gasteiger partial charge in [-0.05, 0) is 62.1 Å². The Morgan fingerprint density at radius 1 is 1.04 bits per heavy atom. The van der Waals surface area contributed by atoms with Gasteiger partial charge in [0.15, 0.2) is 0 Å². The standard InChI is InChI=1S/C22H21N3S/c1-14-5-6-16(3)20(9-14)24-12-19(11-23)22-25-21(13-26-22)18-8-7-15(2)17(4)10-18/h5-10,12-13,24H,1-4H3. The van der Waals surface area contributed by atoms with Gasteiger partial charge in [-0.15, -0.1) is 11.3 Å². The highest BCUT2D eigenvalue weighted by atomic mass is 32.1. The molecule has 26 heavy (non-hydrogen) atoms. The Morgan fingerprint density at radius 2 is 1.81 bits per heavy atom. The van der Waals surface area contributed by atoms with Crippen molar-refractivity contribution in [2.45, 2.75) is 27.7 Å². The number of aromatic nitrogens is 1. The molecule has 2 aromatic carbocycles. The number of anilines is 1. The zero-order valence-corrected chi connectivity index (χ0v) is 16.2. The second kappa shape index (κ2) is 7.55. The summed E-state index contributed by atoms with van der Waals surface area (Å²) in [6, 6.07) is 14.8. The quantitative estimate of drug-likeness (QED) is 0.579. The van der Waals surface area contributed by atoms with Crippen LogP contribution in [0.4, 0.5) is 5.69 Å². The molecule has 0 aliphatic carbocycles. The summed E-state index contributed by atoms with van der Waals surface area (Å²) in [5.74, 6) is 0. The number of allylic oxidation sites excluding steroid dienone is 1. The molecule has 1 heterocycles. The zero-order chi connectivity index (χ0) is 18.7. The van der Waals surface area contributed by atoms with Crippen molar-refractivity contribution in [2.75, 3.05) is 5.32 Å². The van der Waals surface area contributed by atoms with E-state index in [4.69, 9.17) is 0 Å². The van der Waals surface area contributed by atoms with Gasteiger partial charge in [0.1, 0.15) is 16.6 Å². The second-order valence-corrected chi connectivity index (χ2v) is 7.33. The highest BCUT2D eigenvalue weighted by Crippen LogP contribution is 2.27. The maximum Gasteiger partial charge on any atom is 0.136 e. The van der Waals surface area contributed by atoms with Gasteiger partial charge in [0, 0.05) is 22.8 Å². The lowest BCUT2D eigenvalue weighted by atomic mass is 10.1. The Bertz CT molecular complexity index is 1020. The Kier molecular flexibility index (Phi) is 5.20. The Hall–Kier alpha value is -2.90. The second-order valence-electron chi connectivity index (χ2n) is 6.47. The van der Waals surface area contributed by atoms with E-state index in [0.717, 1.165) is 27.5 Å². The predicted octanol–water partition coefficient (Wildman–Crippen LogP) is 6.02. The fraction of sp³-hybridized carbons (Fsp3) is 0.182. The maximum atomic E-state index is 9.55. The third-order valence-electron chi connectivity index (χ3n) is 4.42. The fourth-order valence-electron chi connectivity index (χ4n) is 2.61. The normalized spacial score (nSPS) is 11.3. The molecule has 0 atom stereocenters. The van der Waals surface area contributed by atoms with Crippen LogP contribution < -0.4 is 5.32 Å². The minimum Gasteiger partial charge on any atom is -0.360 e. The number of rotatable bonds is 4. The molecule has 3 nitrogen and oxygen atoms in total. The number of benzene rings is 2. The van der Waals surface area contributed by atoms with Crippen LogP contribution in [0.2, 0.25) is 0 Å². The molecule has 3 aromatic rings. The van der Waals surface area contributed by atoms with Gasteiger partial charge in [-0.3, -0.25) is 0 Å². The van der Waals surface area contributed by atoms with Gasteiger partial charge in [-0.2, -0.15) is 5.26 Å². The summed E-state index contributed by atoms with van der Waals surface area (Å²) in [5, 5.41) is 15.5. The van der Waals surface area contributed by atoms with Crippen molar-refractivity contribution < 1.29 is 0 Å². The smallest absolute Gasteiger partial charge is 0.136 e. The number of nitrogens with zero attached hydrogens (tertiary/aromatic N) is 2. The van der Waals surface area contributed by atoms with Gasteiger partial charge in [0.2, 0.25) is 0 Å². The number of thiazole rings is 1. The van der Waals surface area contributed by atoms with Gasteiger partial charge in [-0.1, -0.05) is 24.3 Å². The van der Waals surface area contributed by atoms with Gasteiger partial charge in [-0.25, -0.2) is 4.98 Å². The lowest BCUT2D eigenvalue weighted by molar-refractivity contribution is 1.31. The molecule has 3 rings (SSSR count). The van der Waals surface area contributed by atoms with E-state index < -0.39 is 0 Å². The first-order valence-electron chi connectivity index (χ1n) is 8.45. The van der Waals surface area contributed by atoms with E-state index in [1.807, 2.05) is 12.3 Å². The van der Waals surface area contributed by atoms with Crippen molar-refractivity contribution in [3.63, 3.8) is 0 Å². The first-order valence-corrected chi connectivity index (χ1v) is 9.33. The molecule has 130 valence electrons. The average molecular weight is 359 g/mol. The molecule has 0 amide bonds. The van der Waals surface area contributed by atoms with Crippen LogP contribution in [0.3, 0.4) is 0 Å². The highest BCUT2D eigenvalue weighted by Gasteiger charge is 2.10. The van der Waals surface area contributed by atoms with Crippen molar-refractivity contribution in [1.29, 1.82) is 5.26 Å². The van der Waals surface area contributed by atoms with Crippen LogP contribution in [0.5, 0.6) is 0 Å². The van der Waals surface area contributed by atoms with E-state index in [1.54, 1.807) is 6.20 Å². The molecule has 0 bridgehead atoms. The van der Waals surface area contributed by atoms with Crippen LogP contribution in [0.1, 0.15) is 27.3 Å². The lowest BCUT2D eigenvalue weighted by Crippen LogP contribution is -1.94. The number of hydrogen-bond donors (Lipinski definition) is 1. The number of aryl methyl sites for hydroxylation is 4.